The molecule has 0 spiro atoms. The van der Waals surface area contributed by atoms with Gasteiger partial charge < -0.3 is 14.2 Å². The highest BCUT2D eigenvalue weighted by Crippen LogP contribution is 2.17. The van der Waals surface area contributed by atoms with Gasteiger partial charge in [-0.3, -0.25) is 14.4 Å². The Morgan fingerprint density at radius 1 is 0.294 bits per heavy atom. The van der Waals surface area contributed by atoms with Gasteiger partial charge in [-0.1, -0.05) is 289 Å². The summed E-state index contributed by atoms with van der Waals surface area (Å²) >= 11 is 0. The van der Waals surface area contributed by atoms with E-state index in [1.54, 1.807) is 0 Å². The van der Waals surface area contributed by atoms with Crippen LogP contribution in [0.2, 0.25) is 0 Å². The zero-order valence-electron chi connectivity index (χ0n) is 45.9. The lowest BCUT2D eigenvalue weighted by molar-refractivity contribution is -0.167. The summed E-state index contributed by atoms with van der Waals surface area (Å²) in [5.74, 6) is -0.862. The molecule has 1 unspecified atom stereocenters. The van der Waals surface area contributed by atoms with Crippen molar-refractivity contribution in [3.63, 3.8) is 0 Å². The first kappa shape index (κ1) is 65.9. The smallest absolute Gasteiger partial charge is 0.306 e. The van der Waals surface area contributed by atoms with Crippen molar-refractivity contribution in [2.75, 3.05) is 13.2 Å². The predicted octanol–water partition coefficient (Wildman–Crippen LogP) is 20.3. The van der Waals surface area contributed by atoms with Gasteiger partial charge in [0.05, 0.1) is 0 Å². The molecule has 0 rings (SSSR count). The Kier molecular flexibility index (Phi) is 55.7. The number of hydrogen-bond donors (Lipinski definition) is 0. The van der Waals surface area contributed by atoms with Crippen LogP contribution in [0.15, 0.2) is 24.3 Å². The van der Waals surface area contributed by atoms with E-state index in [1.165, 1.54) is 218 Å². The van der Waals surface area contributed by atoms with Gasteiger partial charge in [0.2, 0.25) is 0 Å². The molecule has 0 bridgehead atoms. The first-order valence-electron chi connectivity index (χ1n) is 30.3. The third kappa shape index (κ3) is 54.8. The molecule has 0 saturated heterocycles. The van der Waals surface area contributed by atoms with Crippen molar-refractivity contribution >= 4 is 17.9 Å². The van der Waals surface area contributed by atoms with Gasteiger partial charge in [0.15, 0.2) is 6.10 Å². The molecular weight excluding hydrogens is 841 g/mol. The molecule has 6 heteroatoms. The fraction of sp³-hybridized carbons (Fsp3) is 0.887. The van der Waals surface area contributed by atoms with Crippen molar-refractivity contribution < 1.29 is 28.6 Å². The van der Waals surface area contributed by atoms with Crippen LogP contribution in [0.5, 0.6) is 0 Å². The largest absolute Gasteiger partial charge is 0.462 e. The van der Waals surface area contributed by atoms with Gasteiger partial charge in [-0.15, -0.1) is 0 Å². The first-order valence-corrected chi connectivity index (χ1v) is 30.3. The number of carbonyl (C=O) groups excluding carboxylic acids is 3. The van der Waals surface area contributed by atoms with Gasteiger partial charge in [-0.25, -0.2) is 0 Å². The highest BCUT2D eigenvalue weighted by molar-refractivity contribution is 5.71. The van der Waals surface area contributed by atoms with E-state index in [4.69, 9.17) is 14.2 Å². The van der Waals surface area contributed by atoms with Crippen LogP contribution in [0, 0.1) is 0 Å². The van der Waals surface area contributed by atoms with Crippen LogP contribution >= 0.6 is 0 Å². The van der Waals surface area contributed by atoms with Gasteiger partial charge >= 0.3 is 17.9 Å². The maximum absolute atomic E-state index is 12.8. The van der Waals surface area contributed by atoms with Crippen molar-refractivity contribution in [2.45, 2.75) is 341 Å². The molecule has 68 heavy (non-hydrogen) atoms. The summed E-state index contributed by atoms with van der Waals surface area (Å²) in [6, 6.07) is 0. The summed E-state index contributed by atoms with van der Waals surface area (Å²) in [6.45, 7) is 6.66. The summed E-state index contributed by atoms with van der Waals surface area (Å²) in [6.07, 6.45) is 67.5. The van der Waals surface area contributed by atoms with Crippen LogP contribution in [0.25, 0.3) is 0 Å². The number of rotatable bonds is 56. The monoisotopic (exact) mass is 957 g/mol. The second-order valence-corrected chi connectivity index (χ2v) is 20.6. The van der Waals surface area contributed by atoms with Crippen LogP contribution in [0.1, 0.15) is 335 Å². The molecule has 0 radical (unpaired) electrons. The first-order chi connectivity index (χ1) is 33.5. The fourth-order valence-electron chi connectivity index (χ4n) is 9.12. The van der Waals surface area contributed by atoms with Crippen molar-refractivity contribution in [1.82, 2.24) is 0 Å². The lowest BCUT2D eigenvalue weighted by atomic mass is 10.0. The van der Waals surface area contributed by atoms with Crippen molar-refractivity contribution in [3.8, 4) is 0 Å². The minimum atomic E-state index is -0.774. The highest BCUT2D eigenvalue weighted by Gasteiger charge is 2.19. The zero-order valence-corrected chi connectivity index (χ0v) is 45.9. The Morgan fingerprint density at radius 3 is 0.824 bits per heavy atom. The average Bonchev–Trinajstić information content (AvgIpc) is 3.34. The normalized spacial score (nSPS) is 12.1. The summed E-state index contributed by atoms with van der Waals surface area (Å²) in [4.78, 5) is 38.2. The lowest BCUT2D eigenvalue weighted by Crippen LogP contribution is -2.30. The lowest BCUT2D eigenvalue weighted by Gasteiger charge is -2.18. The topological polar surface area (TPSA) is 78.9 Å². The molecule has 6 nitrogen and oxygen atoms in total. The molecule has 0 aromatic carbocycles. The number of allylic oxidation sites excluding steroid dienone is 4. The molecule has 0 aliphatic rings. The second-order valence-electron chi connectivity index (χ2n) is 20.6. The minimum Gasteiger partial charge on any atom is -0.462 e. The van der Waals surface area contributed by atoms with E-state index in [0.29, 0.717) is 19.3 Å². The third-order valence-corrected chi connectivity index (χ3v) is 13.7. The van der Waals surface area contributed by atoms with E-state index >= 15 is 0 Å². The van der Waals surface area contributed by atoms with Gasteiger partial charge in [-0.2, -0.15) is 0 Å². The van der Waals surface area contributed by atoms with Crippen LogP contribution < -0.4 is 0 Å². The Hall–Kier alpha value is -2.11. The van der Waals surface area contributed by atoms with Crippen LogP contribution in [0.3, 0.4) is 0 Å². The quantitative estimate of drug-likeness (QED) is 0.0262. The summed E-state index contributed by atoms with van der Waals surface area (Å²) in [5.41, 5.74) is 0. The fourth-order valence-corrected chi connectivity index (χ4v) is 9.12. The Bertz CT molecular complexity index is 1100. The Morgan fingerprint density at radius 2 is 0.529 bits per heavy atom. The number of carbonyl (C=O) groups is 3. The van der Waals surface area contributed by atoms with Gasteiger partial charge in [0.1, 0.15) is 13.2 Å². The number of ether oxygens (including phenoxy) is 3. The molecule has 0 heterocycles. The molecule has 1 atom stereocenters. The minimum absolute atomic E-state index is 0.0714. The summed E-state index contributed by atoms with van der Waals surface area (Å²) in [7, 11) is 0. The van der Waals surface area contributed by atoms with E-state index in [0.717, 1.165) is 77.0 Å². The van der Waals surface area contributed by atoms with E-state index in [9.17, 15) is 14.4 Å². The van der Waals surface area contributed by atoms with Crippen LogP contribution in [0.4, 0.5) is 0 Å². The molecule has 0 fully saturated rings. The summed E-state index contributed by atoms with van der Waals surface area (Å²) < 4.78 is 16.9. The molecule has 0 aliphatic heterocycles. The maximum atomic E-state index is 12.8. The van der Waals surface area contributed by atoms with Crippen molar-refractivity contribution in [2.24, 2.45) is 0 Å². The molecular formula is C62H116O6. The van der Waals surface area contributed by atoms with Crippen LogP contribution in [-0.2, 0) is 28.6 Å². The van der Waals surface area contributed by atoms with Crippen molar-refractivity contribution in [3.05, 3.63) is 24.3 Å². The standard InChI is InChI=1S/C62H116O6/c1-4-7-10-13-16-19-22-25-27-29-30-31-32-33-34-36-37-40-43-46-49-52-55-61(64)67-58-59(57-66-60(63)54-51-48-45-42-39-24-21-18-15-12-9-6-3)68-62(65)56-53-50-47-44-41-38-35-28-26-23-20-17-14-11-8-5-2/h20,23,28,35,59H,4-19,21-22,24-27,29-34,36-58H2,1-3H3/b23-20-,35-28-. The van der Waals surface area contributed by atoms with Gasteiger partial charge in [0.25, 0.3) is 0 Å². The average molecular weight is 958 g/mol. The molecule has 0 aromatic rings. The number of esters is 3. The van der Waals surface area contributed by atoms with E-state index < -0.39 is 6.10 Å². The van der Waals surface area contributed by atoms with Crippen LogP contribution in [-0.4, -0.2) is 37.2 Å². The molecule has 0 aliphatic carbocycles. The number of hydrogen-bond acceptors (Lipinski definition) is 6. The predicted molar refractivity (Wildman–Crippen MR) is 293 cm³/mol. The van der Waals surface area contributed by atoms with E-state index in [1.807, 2.05) is 0 Å². The third-order valence-electron chi connectivity index (χ3n) is 13.7. The number of unbranched alkanes of at least 4 members (excludes halogenated alkanes) is 41. The van der Waals surface area contributed by atoms with E-state index in [-0.39, 0.29) is 31.1 Å². The molecule has 0 aromatic heterocycles. The van der Waals surface area contributed by atoms with Crippen molar-refractivity contribution in [1.29, 1.82) is 0 Å². The molecule has 0 N–H and O–H groups in total. The zero-order chi connectivity index (χ0) is 49.3. The SMILES string of the molecule is CCCCCC/C=C\C/C=C\CCCCCCCC(=O)OC(COC(=O)CCCCCCCCCCCCCC)COC(=O)CCCCCCCCCCCCCCCCCCCCCCCC. The van der Waals surface area contributed by atoms with Gasteiger partial charge in [-0.05, 0) is 51.4 Å². The molecule has 400 valence electrons. The molecule has 0 amide bonds. The maximum Gasteiger partial charge on any atom is 0.306 e. The summed E-state index contributed by atoms with van der Waals surface area (Å²) in [5, 5.41) is 0. The Labute approximate surface area is 423 Å². The highest BCUT2D eigenvalue weighted by atomic mass is 16.6. The van der Waals surface area contributed by atoms with Gasteiger partial charge in [0, 0.05) is 19.3 Å². The molecule has 0 saturated carbocycles. The Balaban J connectivity index is 4.26. The second kappa shape index (κ2) is 57.5. The van der Waals surface area contributed by atoms with E-state index in [2.05, 4.69) is 45.1 Å².